The molecular formula is C11H22N4O. The summed E-state index contributed by atoms with van der Waals surface area (Å²) >= 11 is 0. The number of carbonyl (C=O) groups excluding carboxylic acids is 1. The minimum atomic E-state index is -0.171. The first-order chi connectivity index (χ1) is 7.42. The van der Waals surface area contributed by atoms with Crippen molar-refractivity contribution in [2.24, 2.45) is 5.10 Å². The highest BCUT2D eigenvalue weighted by Crippen LogP contribution is 2.05. The van der Waals surface area contributed by atoms with Crippen LogP contribution in [0.3, 0.4) is 0 Å². The molecule has 0 radical (unpaired) electrons. The standard InChI is InChI=1S/C11H22N4O/c1-5-12-15-8-6-14(7-9-15)10(16)13-11(2,3)4/h5H,6-9H2,1-4H3,(H,13,16)/b12-5+. The monoisotopic (exact) mass is 226 g/mol. The van der Waals surface area contributed by atoms with E-state index in [0.717, 1.165) is 26.2 Å². The predicted octanol–water partition coefficient (Wildman–Crippen LogP) is 1.12. The normalized spacial score (nSPS) is 18.0. The van der Waals surface area contributed by atoms with Gasteiger partial charge in [0.05, 0.1) is 13.1 Å². The number of piperazine rings is 1. The zero-order chi connectivity index (χ0) is 12.2. The Morgan fingerprint density at radius 1 is 1.25 bits per heavy atom. The van der Waals surface area contributed by atoms with Gasteiger partial charge in [-0.2, -0.15) is 5.10 Å². The summed E-state index contributed by atoms with van der Waals surface area (Å²) in [5.41, 5.74) is -0.171. The number of carbonyl (C=O) groups is 1. The van der Waals surface area contributed by atoms with Crippen LogP contribution in [0, 0.1) is 0 Å². The minimum Gasteiger partial charge on any atom is -0.333 e. The summed E-state index contributed by atoms with van der Waals surface area (Å²) in [4.78, 5) is 13.7. The second-order valence-corrected chi connectivity index (χ2v) is 4.99. The lowest BCUT2D eigenvalue weighted by Crippen LogP contribution is -2.54. The van der Waals surface area contributed by atoms with Crippen LogP contribution < -0.4 is 5.32 Å². The maximum absolute atomic E-state index is 11.8. The zero-order valence-electron chi connectivity index (χ0n) is 10.7. The van der Waals surface area contributed by atoms with E-state index in [1.54, 1.807) is 6.21 Å². The van der Waals surface area contributed by atoms with E-state index in [9.17, 15) is 4.79 Å². The third-order valence-electron chi connectivity index (χ3n) is 2.30. The number of amides is 2. The molecule has 0 aromatic carbocycles. The summed E-state index contributed by atoms with van der Waals surface area (Å²) < 4.78 is 0. The number of hydrogen-bond acceptors (Lipinski definition) is 3. The van der Waals surface area contributed by atoms with E-state index in [1.165, 1.54) is 0 Å². The van der Waals surface area contributed by atoms with Gasteiger partial charge in [0.1, 0.15) is 0 Å². The van der Waals surface area contributed by atoms with E-state index in [0.29, 0.717) is 0 Å². The quantitative estimate of drug-likeness (QED) is 0.681. The highest BCUT2D eigenvalue weighted by Gasteiger charge is 2.23. The average molecular weight is 226 g/mol. The van der Waals surface area contributed by atoms with Crippen LogP contribution in [0.15, 0.2) is 5.10 Å². The predicted molar refractivity (Wildman–Crippen MR) is 65.6 cm³/mol. The van der Waals surface area contributed by atoms with E-state index < -0.39 is 0 Å². The molecule has 1 aliphatic heterocycles. The van der Waals surface area contributed by atoms with Crippen LogP contribution in [0.1, 0.15) is 27.7 Å². The topological polar surface area (TPSA) is 47.9 Å². The number of hydrazone groups is 1. The zero-order valence-corrected chi connectivity index (χ0v) is 10.7. The van der Waals surface area contributed by atoms with Crippen molar-refractivity contribution in [2.45, 2.75) is 33.2 Å². The van der Waals surface area contributed by atoms with Crippen LogP contribution in [-0.2, 0) is 0 Å². The van der Waals surface area contributed by atoms with Crippen LogP contribution in [0.2, 0.25) is 0 Å². The summed E-state index contributed by atoms with van der Waals surface area (Å²) in [6.45, 7) is 11.0. The van der Waals surface area contributed by atoms with Crippen molar-refractivity contribution in [3.05, 3.63) is 0 Å². The smallest absolute Gasteiger partial charge is 0.317 e. The summed E-state index contributed by atoms with van der Waals surface area (Å²) in [5.74, 6) is 0. The lowest BCUT2D eigenvalue weighted by atomic mass is 10.1. The molecular weight excluding hydrogens is 204 g/mol. The molecule has 1 rings (SSSR count). The van der Waals surface area contributed by atoms with Crippen LogP contribution in [0.5, 0.6) is 0 Å². The molecule has 5 heteroatoms. The number of rotatable bonds is 1. The fourth-order valence-electron chi connectivity index (χ4n) is 1.58. The number of hydrogen-bond donors (Lipinski definition) is 1. The van der Waals surface area contributed by atoms with Crippen LogP contribution in [-0.4, -0.2) is 53.9 Å². The van der Waals surface area contributed by atoms with E-state index in [2.05, 4.69) is 10.4 Å². The Hall–Kier alpha value is -1.26. The van der Waals surface area contributed by atoms with E-state index in [4.69, 9.17) is 0 Å². The Kier molecular flexibility index (Phi) is 4.15. The van der Waals surface area contributed by atoms with Gasteiger partial charge in [-0.3, -0.25) is 5.01 Å². The fraction of sp³-hybridized carbons (Fsp3) is 0.818. The summed E-state index contributed by atoms with van der Waals surface area (Å²) in [7, 11) is 0. The average Bonchev–Trinajstić information content (AvgIpc) is 2.16. The van der Waals surface area contributed by atoms with Crippen molar-refractivity contribution in [1.82, 2.24) is 15.2 Å². The van der Waals surface area contributed by atoms with Crippen LogP contribution in [0.4, 0.5) is 4.79 Å². The first kappa shape index (κ1) is 12.8. The molecule has 0 aromatic heterocycles. The van der Waals surface area contributed by atoms with Crippen molar-refractivity contribution in [1.29, 1.82) is 0 Å². The van der Waals surface area contributed by atoms with Gasteiger partial charge in [-0.15, -0.1) is 0 Å². The summed E-state index contributed by atoms with van der Waals surface area (Å²) in [6, 6.07) is 0.0210. The maximum atomic E-state index is 11.8. The van der Waals surface area contributed by atoms with Gasteiger partial charge in [-0.1, -0.05) is 0 Å². The van der Waals surface area contributed by atoms with Crippen molar-refractivity contribution in [3.8, 4) is 0 Å². The molecule has 1 heterocycles. The molecule has 2 amide bonds. The highest BCUT2D eigenvalue weighted by molar-refractivity contribution is 5.75. The van der Waals surface area contributed by atoms with Gasteiger partial charge in [0.25, 0.3) is 0 Å². The Morgan fingerprint density at radius 2 is 1.81 bits per heavy atom. The molecule has 1 N–H and O–H groups in total. The molecule has 1 fully saturated rings. The Balaban J connectivity index is 2.39. The Morgan fingerprint density at radius 3 is 2.25 bits per heavy atom. The molecule has 1 saturated heterocycles. The molecule has 0 unspecified atom stereocenters. The molecule has 0 saturated carbocycles. The lowest BCUT2D eigenvalue weighted by molar-refractivity contribution is 0.137. The van der Waals surface area contributed by atoms with Crippen molar-refractivity contribution in [2.75, 3.05) is 26.2 Å². The van der Waals surface area contributed by atoms with Gasteiger partial charge in [-0.25, -0.2) is 4.79 Å². The molecule has 5 nitrogen and oxygen atoms in total. The highest BCUT2D eigenvalue weighted by atomic mass is 16.2. The van der Waals surface area contributed by atoms with E-state index >= 15 is 0 Å². The second-order valence-electron chi connectivity index (χ2n) is 4.99. The molecule has 1 aliphatic rings. The summed E-state index contributed by atoms with van der Waals surface area (Å²) in [5, 5.41) is 9.15. The molecule has 0 aliphatic carbocycles. The SMILES string of the molecule is C/C=N/N1CCN(C(=O)NC(C)(C)C)CC1. The Bertz CT molecular complexity index is 262. The van der Waals surface area contributed by atoms with E-state index in [1.807, 2.05) is 37.6 Å². The fourth-order valence-corrected chi connectivity index (χ4v) is 1.58. The van der Waals surface area contributed by atoms with Crippen molar-refractivity contribution >= 4 is 12.2 Å². The van der Waals surface area contributed by atoms with Gasteiger partial charge in [0.15, 0.2) is 0 Å². The molecule has 0 bridgehead atoms. The van der Waals surface area contributed by atoms with Crippen LogP contribution in [0.25, 0.3) is 0 Å². The molecule has 16 heavy (non-hydrogen) atoms. The lowest BCUT2D eigenvalue weighted by Gasteiger charge is -2.35. The number of urea groups is 1. The molecule has 0 aromatic rings. The van der Waals surface area contributed by atoms with Crippen molar-refractivity contribution in [3.63, 3.8) is 0 Å². The largest absolute Gasteiger partial charge is 0.333 e. The van der Waals surface area contributed by atoms with E-state index in [-0.39, 0.29) is 11.6 Å². The van der Waals surface area contributed by atoms with Gasteiger partial charge in [0, 0.05) is 24.8 Å². The summed E-state index contributed by atoms with van der Waals surface area (Å²) in [6.07, 6.45) is 1.78. The van der Waals surface area contributed by atoms with Gasteiger partial charge >= 0.3 is 6.03 Å². The minimum absolute atomic E-state index is 0.0210. The number of nitrogens with zero attached hydrogens (tertiary/aromatic N) is 3. The van der Waals surface area contributed by atoms with Crippen LogP contribution >= 0.6 is 0 Å². The maximum Gasteiger partial charge on any atom is 0.317 e. The third kappa shape index (κ3) is 4.08. The van der Waals surface area contributed by atoms with Gasteiger partial charge in [-0.05, 0) is 27.7 Å². The second kappa shape index (κ2) is 5.18. The number of nitrogens with one attached hydrogen (secondary N) is 1. The Labute approximate surface area is 97.5 Å². The first-order valence-electron chi connectivity index (χ1n) is 5.73. The molecule has 0 atom stereocenters. The first-order valence-corrected chi connectivity index (χ1v) is 5.73. The van der Waals surface area contributed by atoms with Gasteiger partial charge in [0.2, 0.25) is 0 Å². The third-order valence-corrected chi connectivity index (χ3v) is 2.30. The van der Waals surface area contributed by atoms with Crippen molar-refractivity contribution < 1.29 is 4.79 Å². The van der Waals surface area contributed by atoms with Gasteiger partial charge < -0.3 is 10.2 Å². The molecule has 92 valence electrons. The molecule has 0 spiro atoms.